The van der Waals surface area contributed by atoms with Crippen LogP contribution in [0.4, 0.5) is 0 Å². The summed E-state index contributed by atoms with van der Waals surface area (Å²) >= 11 is 5.46. The number of carboxylic acids is 1. The normalized spacial score (nSPS) is 11.0. The molecule has 0 saturated heterocycles. The second-order valence-corrected chi connectivity index (χ2v) is 12.2. The van der Waals surface area contributed by atoms with Gasteiger partial charge in [-0.25, -0.2) is 19.6 Å². The van der Waals surface area contributed by atoms with E-state index in [0.717, 1.165) is 13.6 Å². The lowest BCUT2D eigenvalue weighted by atomic mass is 10.0. The van der Waals surface area contributed by atoms with E-state index in [1.54, 1.807) is 86.0 Å². The number of allylic oxidation sites excluding steroid dienone is 1. The van der Waals surface area contributed by atoms with E-state index < -0.39 is 11.9 Å². The monoisotopic (exact) mass is 866 g/mol. The van der Waals surface area contributed by atoms with Crippen LogP contribution >= 0.6 is 38.5 Å². The van der Waals surface area contributed by atoms with Crippen LogP contribution in [0.15, 0.2) is 132 Å². The molecule has 0 bridgehead atoms. The second kappa shape index (κ2) is 19.7. The Morgan fingerprint density at radius 2 is 1.59 bits per heavy atom. The molecule has 0 saturated carbocycles. The van der Waals surface area contributed by atoms with E-state index in [2.05, 4.69) is 53.2 Å². The molecule has 2 aromatic heterocycles. The molecule has 0 spiro atoms. The zero-order chi connectivity index (χ0) is 36.6. The highest BCUT2D eigenvalue weighted by Crippen LogP contribution is 2.34. The van der Waals surface area contributed by atoms with Crippen molar-refractivity contribution < 1.29 is 43.1 Å². The topological polar surface area (TPSA) is 136 Å². The highest BCUT2D eigenvalue weighted by molar-refractivity contribution is 14.1. The first kappa shape index (κ1) is 38.4. The van der Waals surface area contributed by atoms with E-state index in [0.29, 0.717) is 40.3 Å². The lowest BCUT2D eigenvalue weighted by molar-refractivity contribution is -0.131. The smallest absolute Gasteiger partial charge is 0.339 e. The molecule has 3 aromatic carbocycles. The summed E-state index contributed by atoms with van der Waals surface area (Å²) in [5.41, 5.74) is 1.20. The number of carboxylic acid groups (broad SMARTS) is 1. The summed E-state index contributed by atoms with van der Waals surface area (Å²) in [7, 11) is 2.89. The molecule has 1 N–H and O–H groups in total. The number of halogens is 2. The van der Waals surface area contributed by atoms with Gasteiger partial charge in [-0.15, -0.1) is 0 Å². The molecule has 0 aliphatic carbocycles. The van der Waals surface area contributed by atoms with Crippen molar-refractivity contribution in [3.63, 3.8) is 0 Å². The van der Waals surface area contributed by atoms with Gasteiger partial charge in [0.25, 0.3) is 0 Å². The molecule has 0 fully saturated rings. The average molecular weight is 867 g/mol. The molecule has 0 atom stereocenters. The predicted octanol–water partition coefficient (Wildman–Crippen LogP) is 9.22. The van der Waals surface area contributed by atoms with Crippen LogP contribution in [-0.2, 0) is 25.7 Å². The van der Waals surface area contributed by atoms with Gasteiger partial charge in [0, 0.05) is 40.1 Å². The number of esters is 1. The Morgan fingerprint density at radius 3 is 2.27 bits per heavy atom. The first-order valence-corrected chi connectivity index (χ1v) is 16.9. The molecule has 11 nitrogen and oxygen atoms in total. The van der Waals surface area contributed by atoms with E-state index in [-0.39, 0.29) is 17.9 Å². The highest BCUT2D eigenvalue weighted by atomic mass is 127. The van der Waals surface area contributed by atoms with Crippen LogP contribution < -0.4 is 18.9 Å². The maximum absolute atomic E-state index is 11.8. The largest absolute Gasteiger partial charge is 0.504 e. The van der Waals surface area contributed by atoms with Gasteiger partial charge in [0.2, 0.25) is 11.8 Å². The third kappa shape index (κ3) is 11.9. The fourth-order valence-corrected chi connectivity index (χ4v) is 4.89. The molecule has 5 rings (SSSR count). The van der Waals surface area contributed by atoms with Gasteiger partial charge in [0.05, 0.1) is 30.1 Å². The number of ether oxygens (including phenoxy) is 6. The van der Waals surface area contributed by atoms with Gasteiger partial charge < -0.3 is 33.5 Å². The lowest BCUT2D eigenvalue weighted by Gasteiger charge is -2.14. The number of hydrogen-bond donors (Lipinski definition) is 1. The van der Waals surface area contributed by atoms with Gasteiger partial charge in [-0.2, -0.15) is 0 Å². The number of pyridine rings is 2. The van der Waals surface area contributed by atoms with Gasteiger partial charge >= 0.3 is 11.9 Å². The van der Waals surface area contributed by atoms with Crippen LogP contribution in [0.1, 0.15) is 18.1 Å². The van der Waals surface area contributed by atoms with Crippen molar-refractivity contribution in [1.82, 2.24) is 9.97 Å². The van der Waals surface area contributed by atoms with Crippen molar-refractivity contribution in [2.24, 2.45) is 0 Å². The summed E-state index contributed by atoms with van der Waals surface area (Å²) in [6, 6.07) is 28.4. The van der Waals surface area contributed by atoms with Crippen molar-refractivity contribution >= 4 is 56.0 Å². The zero-order valence-corrected chi connectivity index (χ0v) is 31.4. The van der Waals surface area contributed by atoms with Crippen LogP contribution in [0.25, 0.3) is 5.57 Å². The number of methoxy groups -OCH3 is 2. The summed E-state index contributed by atoms with van der Waals surface area (Å²) in [5.74, 6) is 1.55. The number of carbonyl (C=O) groups is 2. The molecular weight excluding hydrogens is 835 g/mol. The first-order valence-electron chi connectivity index (χ1n) is 15.1. The Bertz CT molecular complexity index is 2000. The van der Waals surface area contributed by atoms with Crippen LogP contribution in [0.3, 0.4) is 0 Å². The number of para-hydroxylation sites is 2. The summed E-state index contributed by atoms with van der Waals surface area (Å²) in [5, 5.41) is 9.63. The third-order valence-electron chi connectivity index (χ3n) is 6.60. The van der Waals surface area contributed by atoms with E-state index in [9.17, 15) is 14.7 Å². The maximum Gasteiger partial charge on any atom is 0.339 e. The van der Waals surface area contributed by atoms with E-state index in [1.165, 1.54) is 26.6 Å². The van der Waals surface area contributed by atoms with Crippen molar-refractivity contribution in [3.8, 4) is 34.8 Å². The Kier molecular flexibility index (Phi) is 14.8. The number of aromatic nitrogens is 2. The van der Waals surface area contributed by atoms with Gasteiger partial charge in [0.1, 0.15) is 40.9 Å². The zero-order valence-electron chi connectivity index (χ0n) is 27.6. The third-order valence-corrected chi connectivity index (χ3v) is 7.89. The summed E-state index contributed by atoms with van der Waals surface area (Å²) < 4.78 is 34.2. The number of benzene rings is 3. The number of rotatable bonds is 13. The molecule has 51 heavy (non-hydrogen) atoms. The predicted molar refractivity (Wildman–Crippen MR) is 202 cm³/mol. The van der Waals surface area contributed by atoms with Crippen molar-refractivity contribution in [2.75, 3.05) is 14.2 Å². The minimum Gasteiger partial charge on any atom is -0.504 e. The number of aliphatic carboxylic acids is 1. The van der Waals surface area contributed by atoms with Crippen LogP contribution in [0, 0.1) is 3.57 Å². The molecule has 13 heteroatoms. The fourth-order valence-electron chi connectivity index (χ4n) is 4.19. The minimum absolute atomic E-state index is 0.0403. The summed E-state index contributed by atoms with van der Waals surface area (Å²) in [6.07, 6.45) is 5.77. The second-order valence-electron chi connectivity index (χ2n) is 10.1. The number of nitrogens with zero attached hydrogens (tertiary/aromatic N) is 2. The van der Waals surface area contributed by atoms with Gasteiger partial charge in [-0.3, -0.25) is 0 Å². The highest BCUT2D eigenvalue weighted by Gasteiger charge is 2.20. The number of carbonyl (C=O) groups excluding carboxylic acids is 1. The molecule has 0 aliphatic heterocycles. The van der Waals surface area contributed by atoms with Crippen molar-refractivity contribution in [3.05, 3.63) is 147 Å². The molecular formula is C38H32BrIN2O9. The molecule has 0 unspecified atom stereocenters. The van der Waals surface area contributed by atoms with E-state index in [1.807, 2.05) is 30.3 Å². The van der Waals surface area contributed by atoms with E-state index >= 15 is 0 Å². The Hall–Kier alpha value is -5.41. The standard InChI is InChI=1S/C22H18INO5.C16H14BrNO4/c1-14(27-2)20(22(25)26)17-9-3-4-11-19(17)28-15-7-5-8-16(13-15)29-21-18(23)10-6-12-24-21;1-20-9-8-16(19)22-14-5-3-2-4-12(14)11-21-15-7-6-13(17)10-18-15/h3-13H,1-2H3,(H,25,26);2-10H,11H2,1H3/b;9-8+. The number of hydrogen-bond acceptors (Lipinski definition) is 10. The van der Waals surface area contributed by atoms with Crippen molar-refractivity contribution in [1.29, 1.82) is 0 Å². The minimum atomic E-state index is -1.10. The van der Waals surface area contributed by atoms with Crippen LogP contribution in [-0.4, -0.2) is 41.2 Å². The molecule has 0 amide bonds. The Morgan fingerprint density at radius 1 is 0.863 bits per heavy atom. The lowest BCUT2D eigenvalue weighted by Crippen LogP contribution is -2.07. The van der Waals surface area contributed by atoms with Crippen LogP contribution in [0.2, 0.25) is 0 Å². The molecule has 5 aromatic rings. The van der Waals surface area contributed by atoms with Gasteiger partial charge in [0.15, 0.2) is 0 Å². The first-order chi connectivity index (χ1) is 24.7. The quantitative estimate of drug-likeness (QED) is 0.0399. The van der Waals surface area contributed by atoms with Gasteiger partial charge in [-0.05, 0) is 87.9 Å². The fraction of sp³-hybridized carbons (Fsp3) is 0.105. The van der Waals surface area contributed by atoms with E-state index in [4.69, 9.17) is 23.7 Å². The Labute approximate surface area is 316 Å². The molecule has 0 aliphatic rings. The molecule has 262 valence electrons. The van der Waals surface area contributed by atoms with Gasteiger partial charge in [-0.1, -0.05) is 42.5 Å². The van der Waals surface area contributed by atoms with Crippen LogP contribution in [0.5, 0.6) is 34.8 Å². The molecule has 0 radical (unpaired) electrons. The average Bonchev–Trinajstić information content (AvgIpc) is 3.13. The Balaban J connectivity index is 0.000000238. The maximum atomic E-state index is 11.8. The molecule has 2 heterocycles. The summed E-state index contributed by atoms with van der Waals surface area (Å²) in [4.78, 5) is 31.7. The summed E-state index contributed by atoms with van der Waals surface area (Å²) in [6.45, 7) is 1.84. The van der Waals surface area contributed by atoms with Crippen molar-refractivity contribution in [2.45, 2.75) is 13.5 Å². The SMILES string of the molecule is CO/C=C/C(=O)Oc1ccccc1COc1ccc(Br)cn1.COC(C)=C(C(=O)O)c1ccccc1Oc1cccc(Oc2ncccc2I)c1.